The molecule has 0 spiro atoms. The second-order valence-corrected chi connectivity index (χ2v) is 4.89. The van der Waals surface area contributed by atoms with Crippen molar-refractivity contribution < 1.29 is 4.79 Å². The van der Waals surface area contributed by atoms with Gasteiger partial charge in [-0.3, -0.25) is 4.79 Å². The number of aromatic nitrogens is 2. The third kappa shape index (κ3) is 4.25. The van der Waals surface area contributed by atoms with Gasteiger partial charge in [0.05, 0.1) is 6.54 Å². The fourth-order valence-electron chi connectivity index (χ4n) is 1.44. The molecule has 0 radical (unpaired) electrons. The third-order valence-corrected chi connectivity index (χ3v) is 3.36. The Bertz CT molecular complexity index is 470. The number of nitrogens with zero attached hydrogens (tertiary/aromatic N) is 1. The zero-order chi connectivity index (χ0) is 12.6. The number of imidazole rings is 1. The van der Waals surface area contributed by atoms with E-state index in [1.54, 1.807) is 24.2 Å². The molecule has 2 aromatic rings. The Hall–Kier alpha value is -1.75. The first kappa shape index (κ1) is 12.7. The number of amides is 1. The van der Waals surface area contributed by atoms with Crippen LogP contribution in [0.25, 0.3) is 0 Å². The number of nitrogens with one attached hydrogen (secondary N) is 2. The largest absolute Gasteiger partial charge is 0.349 e. The first-order valence-electron chi connectivity index (χ1n) is 5.77. The van der Waals surface area contributed by atoms with Gasteiger partial charge in [-0.05, 0) is 12.1 Å². The maximum atomic E-state index is 11.6. The van der Waals surface area contributed by atoms with E-state index in [1.807, 2.05) is 30.3 Å². The Labute approximate surface area is 110 Å². The van der Waals surface area contributed by atoms with E-state index in [4.69, 9.17) is 0 Å². The highest BCUT2D eigenvalue weighted by Crippen LogP contribution is 2.17. The van der Waals surface area contributed by atoms with Crippen molar-refractivity contribution >= 4 is 17.7 Å². The van der Waals surface area contributed by atoms with Crippen molar-refractivity contribution in [3.8, 4) is 0 Å². The first-order valence-corrected chi connectivity index (χ1v) is 6.76. The van der Waals surface area contributed by atoms with E-state index in [1.165, 1.54) is 4.90 Å². The molecule has 2 rings (SSSR count). The van der Waals surface area contributed by atoms with Gasteiger partial charge in [-0.25, -0.2) is 4.98 Å². The van der Waals surface area contributed by atoms with Gasteiger partial charge < -0.3 is 10.3 Å². The van der Waals surface area contributed by atoms with Gasteiger partial charge in [0.2, 0.25) is 5.91 Å². The molecule has 1 heterocycles. The lowest BCUT2D eigenvalue weighted by Crippen LogP contribution is -2.23. The molecule has 1 aromatic carbocycles. The highest BCUT2D eigenvalue weighted by Gasteiger charge is 2.02. The van der Waals surface area contributed by atoms with Crippen LogP contribution in [0.4, 0.5) is 0 Å². The Morgan fingerprint density at radius 3 is 2.89 bits per heavy atom. The number of H-pyrrole nitrogens is 1. The molecule has 0 aliphatic heterocycles. The van der Waals surface area contributed by atoms with Crippen LogP contribution in [0.2, 0.25) is 0 Å². The summed E-state index contributed by atoms with van der Waals surface area (Å²) in [5.74, 6) is 1.61. The van der Waals surface area contributed by atoms with E-state index in [9.17, 15) is 4.79 Å². The summed E-state index contributed by atoms with van der Waals surface area (Å²) >= 11 is 1.69. The van der Waals surface area contributed by atoms with Gasteiger partial charge in [0.15, 0.2) is 0 Å². The maximum absolute atomic E-state index is 11.6. The molecule has 0 saturated carbocycles. The fourth-order valence-corrected chi connectivity index (χ4v) is 2.32. The predicted molar refractivity (Wildman–Crippen MR) is 72.2 cm³/mol. The molecule has 0 aliphatic rings. The van der Waals surface area contributed by atoms with Crippen molar-refractivity contribution in [1.29, 1.82) is 0 Å². The molecule has 5 heteroatoms. The molecule has 18 heavy (non-hydrogen) atoms. The molecule has 0 bridgehead atoms. The molecular formula is C13H15N3OS. The van der Waals surface area contributed by atoms with Crippen molar-refractivity contribution in [2.75, 3.05) is 5.75 Å². The summed E-state index contributed by atoms with van der Waals surface area (Å²) in [5.41, 5.74) is 0. The molecule has 1 aromatic heterocycles. The van der Waals surface area contributed by atoms with Crippen LogP contribution in [0.3, 0.4) is 0 Å². The summed E-state index contributed by atoms with van der Waals surface area (Å²) in [6, 6.07) is 10.1. The summed E-state index contributed by atoms with van der Waals surface area (Å²) in [6.07, 6.45) is 3.93. The Kier molecular flexibility index (Phi) is 4.84. The lowest BCUT2D eigenvalue weighted by Gasteiger charge is -2.03. The first-order chi connectivity index (χ1) is 8.84. The zero-order valence-corrected chi connectivity index (χ0v) is 10.7. The number of rotatable bonds is 6. The van der Waals surface area contributed by atoms with Crippen LogP contribution in [0.5, 0.6) is 0 Å². The lowest BCUT2D eigenvalue weighted by atomic mass is 10.4. The number of carbonyl (C=O) groups is 1. The average molecular weight is 261 g/mol. The van der Waals surface area contributed by atoms with Crippen molar-refractivity contribution in [3.05, 3.63) is 48.5 Å². The minimum Gasteiger partial charge on any atom is -0.349 e. The standard InChI is InChI=1S/C13H15N3OS/c17-13(16-10-12-14-7-8-15-12)6-9-18-11-4-2-1-3-5-11/h1-5,7-8H,6,9-10H2,(H,14,15)(H,16,17). The van der Waals surface area contributed by atoms with E-state index in [0.717, 1.165) is 11.6 Å². The third-order valence-electron chi connectivity index (χ3n) is 2.35. The predicted octanol–water partition coefficient (Wildman–Crippen LogP) is 2.21. The van der Waals surface area contributed by atoms with E-state index >= 15 is 0 Å². The molecule has 1 amide bonds. The van der Waals surface area contributed by atoms with Gasteiger partial charge in [0, 0.05) is 29.5 Å². The molecule has 0 aliphatic carbocycles. The van der Waals surface area contributed by atoms with Gasteiger partial charge in [-0.1, -0.05) is 18.2 Å². The van der Waals surface area contributed by atoms with E-state index < -0.39 is 0 Å². The minimum absolute atomic E-state index is 0.0508. The molecule has 0 fully saturated rings. The Morgan fingerprint density at radius 2 is 2.17 bits per heavy atom. The number of thioether (sulfide) groups is 1. The number of aromatic amines is 1. The van der Waals surface area contributed by atoms with Gasteiger partial charge >= 0.3 is 0 Å². The van der Waals surface area contributed by atoms with Crippen LogP contribution in [-0.2, 0) is 11.3 Å². The van der Waals surface area contributed by atoms with Gasteiger partial charge in [0.25, 0.3) is 0 Å². The zero-order valence-electron chi connectivity index (χ0n) is 9.93. The summed E-state index contributed by atoms with van der Waals surface area (Å²) in [6.45, 7) is 0.460. The van der Waals surface area contributed by atoms with Crippen molar-refractivity contribution in [2.24, 2.45) is 0 Å². The molecule has 0 unspecified atom stereocenters. The van der Waals surface area contributed by atoms with Gasteiger partial charge in [0.1, 0.15) is 5.82 Å². The topological polar surface area (TPSA) is 57.8 Å². The highest BCUT2D eigenvalue weighted by atomic mass is 32.2. The van der Waals surface area contributed by atoms with Crippen LogP contribution >= 0.6 is 11.8 Å². The van der Waals surface area contributed by atoms with Crippen LogP contribution < -0.4 is 5.32 Å². The van der Waals surface area contributed by atoms with Crippen molar-refractivity contribution in [1.82, 2.24) is 15.3 Å². The summed E-state index contributed by atoms with van der Waals surface area (Å²) < 4.78 is 0. The molecule has 2 N–H and O–H groups in total. The lowest BCUT2D eigenvalue weighted by molar-refractivity contribution is -0.120. The van der Waals surface area contributed by atoms with Crippen LogP contribution in [0, 0.1) is 0 Å². The average Bonchev–Trinajstić information content (AvgIpc) is 2.91. The van der Waals surface area contributed by atoms with E-state index in [2.05, 4.69) is 15.3 Å². The molecule has 0 saturated heterocycles. The maximum Gasteiger partial charge on any atom is 0.221 e. The normalized spacial score (nSPS) is 10.2. The van der Waals surface area contributed by atoms with Gasteiger partial charge in [-0.15, -0.1) is 11.8 Å². The number of hydrogen-bond donors (Lipinski definition) is 2. The van der Waals surface area contributed by atoms with Crippen molar-refractivity contribution in [2.45, 2.75) is 17.9 Å². The van der Waals surface area contributed by atoms with Crippen LogP contribution in [-0.4, -0.2) is 21.6 Å². The van der Waals surface area contributed by atoms with Gasteiger partial charge in [-0.2, -0.15) is 0 Å². The minimum atomic E-state index is 0.0508. The van der Waals surface area contributed by atoms with E-state index in [0.29, 0.717) is 13.0 Å². The van der Waals surface area contributed by atoms with Crippen molar-refractivity contribution in [3.63, 3.8) is 0 Å². The summed E-state index contributed by atoms with van der Waals surface area (Å²) in [7, 11) is 0. The second kappa shape index (κ2) is 6.86. The molecule has 4 nitrogen and oxygen atoms in total. The summed E-state index contributed by atoms with van der Waals surface area (Å²) in [4.78, 5) is 19.7. The highest BCUT2D eigenvalue weighted by molar-refractivity contribution is 7.99. The second-order valence-electron chi connectivity index (χ2n) is 3.72. The molecule has 94 valence electrons. The smallest absolute Gasteiger partial charge is 0.221 e. The molecule has 0 atom stereocenters. The Balaban J connectivity index is 1.63. The SMILES string of the molecule is O=C(CCSc1ccccc1)NCc1ncc[nH]1. The fraction of sp³-hybridized carbons (Fsp3) is 0.231. The quantitative estimate of drug-likeness (QED) is 0.784. The number of hydrogen-bond acceptors (Lipinski definition) is 3. The Morgan fingerprint density at radius 1 is 1.33 bits per heavy atom. The number of carbonyl (C=O) groups excluding carboxylic acids is 1. The van der Waals surface area contributed by atoms with Crippen LogP contribution in [0.1, 0.15) is 12.2 Å². The summed E-state index contributed by atoms with van der Waals surface area (Å²) in [5, 5.41) is 2.83. The van der Waals surface area contributed by atoms with E-state index in [-0.39, 0.29) is 5.91 Å². The monoisotopic (exact) mass is 261 g/mol. The number of benzene rings is 1. The molecular weight excluding hydrogens is 246 g/mol. The van der Waals surface area contributed by atoms with Crippen LogP contribution in [0.15, 0.2) is 47.6 Å².